The molecule has 0 aliphatic carbocycles. The molecule has 2 aromatic heterocycles. The number of rotatable bonds is 5. The van der Waals surface area contributed by atoms with E-state index in [1.54, 1.807) is 10.8 Å². The maximum Gasteiger partial charge on any atom is 0.327 e. The maximum absolute atomic E-state index is 11.8. The van der Waals surface area contributed by atoms with Crippen molar-refractivity contribution in [3.63, 3.8) is 0 Å². The Morgan fingerprint density at radius 2 is 2.18 bits per heavy atom. The zero-order valence-electron chi connectivity index (χ0n) is 10.3. The van der Waals surface area contributed by atoms with E-state index in [0.717, 1.165) is 30.8 Å². The number of aromatic amines is 1. The van der Waals surface area contributed by atoms with Crippen LogP contribution in [0, 0.1) is 0 Å². The fraction of sp³-hybridized carbons (Fsp3) is 0.500. The first-order chi connectivity index (χ1) is 8.26. The highest BCUT2D eigenvalue weighted by Gasteiger charge is 2.08. The lowest BCUT2D eigenvalue weighted by Gasteiger charge is -2.17. The van der Waals surface area contributed by atoms with Crippen molar-refractivity contribution < 1.29 is 0 Å². The minimum Gasteiger partial charge on any atom is -0.304 e. The molecule has 2 aromatic rings. The van der Waals surface area contributed by atoms with Gasteiger partial charge in [0.1, 0.15) is 0 Å². The lowest BCUT2D eigenvalue weighted by Crippen LogP contribution is -2.30. The van der Waals surface area contributed by atoms with Gasteiger partial charge in [0.2, 0.25) is 0 Å². The lowest BCUT2D eigenvalue weighted by atomic mass is 10.4. The minimum atomic E-state index is -0.0779. The van der Waals surface area contributed by atoms with Crippen molar-refractivity contribution in [1.29, 1.82) is 0 Å². The molecule has 92 valence electrons. The number of nitrogens with one attached hydrogen (secondary N) is 1. The summed E-state index contributed by atoms with van der Waals surface area (Å²) >= 11 is 0. The van der Waals surface area contributed by atoms with Crippen LogP contribution >= 0.6 is 0 Å². The molecular formula is C12H18N4O. The molecule has 1 N–H and O–H groups in total. The highest BCUT2D eigenvalue weighted by molar-refractivity contribution is 5.69. The Morgan fingerprint density at radius 3 is 2.88 bits per heavy atom. The maximum atomic E-state index is 11.8. The SMILES string of the molecule is CCN(CC)CCn1c(=O)[nH]c2cccnc21. The summed E-state index contributed by atoms with van der Waals surface area (Å²) in [5.41, 5.74) is 1.47. The molecule has 0 spiro atoms. The van der Waals surface area contributed by atoms with Crippen LogP contribution in [0.3, 0.4) is 0 Å². The molecule has 0 saturated heterocycles. The van der Waals surface area contributed by atoms with Gasteiger partial charge in [-0.05, 0) is 25.2 Å². The van der Waals surface area contributed by atoms with Gasteiger partial charge < -0.3 is 9.88 Å². The van der Waals surface area contributed by atoms with Crippen LogP contribution in [-0.2, 0) is 6.54 Å². The quantitative estimate of drug-likeness (QED) is 0.842. The van der Waals surface area contributed by atoms with E-state index in [4.69, 9.17) is 0 Å². The smallest absolute Gasteiger partial charge is 0.304 e. The van der Waals surface area contributed by atoms with E-state index in [1.165, 1.54) is 0 Å². The van der Waals surface area contributed by atoms with E-state index in [0.29, 0.717) is 6.54 Å². The van der Waals surface area contributed by atoms with Crippen LogP contribution < -0.4 is 5.69 Å². The molecule has 0 aliphatic rings. The fourth-order valence-electron chi connectivity index (χ4n) is 1.98. The van der Waals surface area contributed by atoms with Gasteiger partial charge in [-0.25, -0.2) is 9.78 Å². The molecule has 0 aliphatic heterocycles. The zero-order valence-corrected chi connectivity index (χ0v) is 10.3. The molecule has 0 atom stereocenters. The summed E-state index contributed by atoms with van der Waals surface area (Å²) in [6.45, 7) is 7.80. The Kier molecular flexibility index (Phi) is 3.58. The van der Waals surface area contributed by atoms with Crippen LogP contribution in [0.2, 0.25) is 0 Å². The fourth-order valence-corrected chi connectivity index (χ4v) is 1.98. The summed E-state index contributed by atoms with van der Waals surface area (Å²) in [5, 5.41) is 0. The van der Waals surface area contributed by atoms with Gasteiger partial charge in [0, 0.05) is 19.3 Å². The van der Waals surface area contributed by atoms with Crippen molar-refractivity contribution in [3.05, 3.63) is 28.8 Å². The molecule has 5 heteroatoms. The summed E-state index contributed by atoms with van der Waals surface area (Å²) in [7, 11) is 0. The third kappa shape index (κ3) is 2.39. The van der Waals surface area contributed by atoms with E-state index < -0.39 is 0 Å². The molecule has 0 aromatic carbocycles. The monoisotopic (exact) mass is 234 g/mol. The Labute approximate surface area is 100 Å². The lowest BCUT2D eigenvalue weighted by molar-refractivity contribution is 0.290. The summed E-state index contributed by atoms with van der Waals surface area (Å²) in [5.74, 6) is 0. The molecule has 5 nitrogen and oxygen atoms in total. The molecule has 0 unspecified atom stereocenters. The Morgan fingerprint density at radius 1 is 1.41 bits per heavy atom. The third-order valence-electron chi connectivity index (χ3n) is 3.06. The van der Waals surface area contributed by atoms with Crippen LogP contribution in [0.1, 0.15) is 13.8 Å². The first kappa shape index (κ1) is 11.9. The molecular weight excluding hydrogens is 216 g/mol. The summed E-state index contributed by atoms with van der Waals surface area (Å²) in [6.07, 6.45) is 1.71. The van der Waals surface area contributed by atoms with Crippen LogP contribution in [0.5, 0.6) is 0 Å². The number of aromatic nitrogens is 3. The number of hydrogen-bond donors (Lipinski definition) is 1. The van der Waals surface area contributed by atoms with Gasteiger partial charge >= 0.3 is 5.69 Å². The largest absolute Gasteiger partial charge is 0.327 e. The first-order valence-corrected chi connectivity index (χ1v) is 6.02. The average Bonchev–Trinajstić information content (AvgIpc) is 2.67. The van der Waals surface area contributed by atoms with Crippen molar-refractivity contribution in [1.82, 2.24) is 19.4 Å². The van der Waals surface area contributed by atoms with Gasteiger partial charge in [-0.1, -0.05) is 13.8 Å². The van der Waals surface area contributed by atoms with Crippen LogP contribution in [0.25, 0.3) is 11.2 Å². The number of pyridine rings is 1. The summed E-state index contributed by atoms with van der Waals surface area (Å²) < 4.78 is 1.70. The van der Waals surface area contributed by atoms with Crippen LogP contribution in [0.4, 0.5) is 0 Å². The van der Waals surface area contributed by atoms with Crippen molar-refractivity contribution in [2.24, 2.45) is 0 Å². The van der Waals surface area contributed by atoms with Gasteiger partial charge in [0.25, 0.3) is 0 Å². The van der Waals surface area contributed by atoms with Crippen LogP contribution in [0.15, 0.2) is 23.1 Å². The summed E-state index contributed by atoms with van der Waals surface area (Å²) in [6, 6.07) is 3.70. The number of fused-ring (bicyclic) bond motifs is 1. The number of imidazole rings is 1. The number of likely N-dealkylation sites (N-methyl/N-ethyl adjacent to an activating group) is 1. The Hall–Kier alpha value is -1.62. The topological polar surface area (TPSA) is 53.9 Å². The average molecular weight is 234 g/mol. The van der Waals surface area contributed by atoms with E-state index in [9.17, 15) is 4.79 Å². The third-order valence-corrected chi connectivity index (χ3v) is 3.06. The van der Waals surface area contributed by atoms with E-state index in [-0.39, 0.29) is 5.69 Å². The van der Waals surface area contributed by atoms with Gasteiger partial charge in [-0.2, -0.15) is 0 Å². The van der Waals surface area contributed by atoms with E-state index >= 15 is 0 Å². The van der Waals surface area contributed by atoms with Gasteiger partial charge in [-0.3, -0.25) is 4.57 Å². The zero-order chi connectivity index (χ0) is 12.3. The second-order valence-electron chi connectivity index (χ2n) is 3.98. The highest BCUT2D eigenvalue weighted by Crippen LogP contribution is 2.05. The highest BCUT2D eigenvalue weighted by atomic mass is 16.1. The molecule has 2 rings (SSSR count). The number of nitrogens with zero attached hydrogens (tertiary/aromatic N) is 3. The predicted octanol–water partition coefficient (Wildman–Crippen LogP) is 1.07. The van der Waals surface area contributed by atoms with Crippen molar-refractivity contribution in [2.45, 2.75) is 20.4 Å². The van der Waals surface area contributed by atoms with E-state index in [1.807, 2.05) is 12.1 Å². The Bertz CT molecular complexity index is 539. The first-order valence-electron chi connectivity index (χ1n) is 6.02. The number of H-pyrrole nitrogens is 1. The van der Waals surface area contributed by atoms with Crippen molar-refractivity contribution in [2.75, 3.05) is 19.6 Å². The molecule has 0 fully saturated rings. The van der Waals surface area contributed by atoms with Crippen LogP contribution in [-0.4, -0.2) is 39.1 Å². The second-order valence-corrected chi connectivity index (χ2v) is 3.98. The molecule has 17 heavy (non-hydrogen) atoms. The predicted molar refractivity (Wildman–Crippen MR) is 68.1 cm³/mol. The molecule has 0 saturated carbocycles. The summed E-state index contributed by atoms with van der Waals surface area (Å²) in [4.78, 5) is 21.1. The minimum absolute atomic E-state index is 0.0779. The normalized spacial score (nSPS) is 11.5. The van der Waals surface area contributed by atoms with Gasteiger partial charge in [0.05, 0.1) is 5.52 Å². The molecule has 0 amide bonds. The standard InChI is InChI=1S/C12H18N4O/c1-3-15(4-2)8-9-16-11-10(14-12(16)17)6-5-7-13-11/h5-7H,3-4,8-9H2,1-2H3,(H,14,17). The van der Waals surface area contributed by atoms with E-state index in [2.05, 4.69) is 28.7 Å². The van der Waals surface area contributed by atoms with Crippen molar-refractivity contribution >= 4 is 11.2 Å². The van der Waals surface area contributed by atoms with Crippen molar-refractivity contribution in [3.8, 4) is 0 Å². The second kappa shape index (κ2) is 5.14. The van der Waals surface area contributed by atoms with Gasteiger partial charge in [-0.15, -0.1) is 0 Å². The molecule has 0 radical (unpaired) electrons. The van der Waals surface area contributed by atoms with Gasteiger partial charge in [0.15, 0.2) is 5.65 Å². The Balaban J connectivity index is 2.23. The molecule has 2 heterocycles. The number of hydrogen-bond acceptors (Lipinski definition) is 3. The molecule has 0 bridgehead atoms.